The number of carboxylic acids is 1. The number of rotatable bonds is 4. The first-order valence-corrected chi connectivity index (χ1v) is 7.79. The van der Waals surface area contributed by atoms with E-state index in [2.05, 4.69) is 9.63 Å². The quantitative estimate of drug-likeness (QED) is 0.816. The Labute approximate surface area is 132 Å². The van der Waals surface area contributed by atoms with Gasteiger partial charge in [0.1, 0.15) is 0 Å². The summed E-state index contributed by atoms with van der Waals surface area (Å²) in [5.41, 5.74) is 0.536. The van der Waals surface area contributed by atoms with Gasteiger partial charge in [0.15, 0.2) is 0 Å². The summed E-state index contributed by atoms with van der Waals surface area (Å²) in [6, 6.07) is 3.67. The molecule has 1 aliphatic rings. The Morgan fingerprint density at radius 1 is 1.30 bits per heavy atom. The van der Waals surface area contributed by atoms with Crippen LogP contribution in [0.2, 0.25) is 0 Å². The maximum Gasteiger partial charge on any atom is 0.335 e. The molecule has 0 aliphatic carbocycles. The highest BCUT2D eigenvalue weighted by molar-refractivity contribution is 7.90. The van der Waals surface area contributed by atoms with Gasteiger partial charge < -0.3 is 5.11 Å². The molecule has 0 amide bonds. The molecule has 1 aromatic rings. The van der Waals surface area contributed by atoms with Crippen LogP contribution in [-0.2, 0) is 10.0 Å². The molecule has 120 valence electrons. The van der Waals surface area contributed by atoms with E-state index in [9.17, 15) is 18.4 Å². The van der Waals surface area contributed by atoms with E-state index in [-0.39, 0.29) is 16.2 Å². The average Bonchev–Trinajstić information content (AvgIpc) is 2.49. The Kier molecular flexibility index (Phi) is 4.72. The summed E-state index contributed by atoms with van der Waals surface area (Å²) in [5, 5.41) is 22.7. The summed E-state index contributed by atoms with van der Waals surface area (Å²) in [7, 11) is -4.14. The molecule has 0 spiro atoms. The minimum atomic E-state index is -4.14. The van der Waals surface area contributed by atoms with E-state index in [1.54, 1.807) is 19.1 Å². The number of aryl methyl sites for hydroxylation is 1. The number of hydrogen-bond donors (Lipinski definition) is 2. The van der Waals surface area contributed by atoms with Crippen molar-refractivity contribution in [3.8, 4) is 0 Å². The van der Waals surface area contributed by atoms with Gasteiger partial charge in [0.25, 0.3) is 10.0 Å². The van der Waals surface area contributed by atoms with E-state index in [0.717, 1.165) is 17.3 Å². The molecule has 0 atom stereocenters. The largest absolute Gasteiger partial charge is 0.478 e. The van der Waals surface area contributed by atoms with Gasteiger partial charge in [-0.05, 0) is 36.8 Å². The summed E-state index contributed by atoms with van der Waals surface area (Å²) >= 11 is 0. The van der Waals surface area contributed by atoms with Crippen molar-refractivity contribution in [2.45, 2.75) is 11.8 Å². The second kappa shape index (κ2) is 6.55. The van der Waals surface area contributed by atoms with Crippen molar-refractivity contribution >= 4 is 16.0 Å². The SMILES string of the molecule is Cc1ccc(S(=O)(=O)N=N/C=C2\C=CC=CN2O)cc1C(=O)O. The van der Waals surface area contributed by atoms with Gasteiger partial charge in [-0.1, -0.05) is 16.7 Å². The molecular weight excluding hydrogens is 322 g/mol. The zero-order chi connectivity index (χ0) is 17.0. The van der Waals surface area contributed by atoms with Crippen LogP contribution in [0, 0.1) is 6.92 Å². The monoisotopic (exact) mass is 335 g/mol. The first-order valence-electron chi connectivity index (χ1n) is 6.35. The Morgan fingerprint density at radius 3 is 2.70 bits per heavy atom. The number of sulfonamides is 1. The van der Waals surface area contributed by atoms with Crippen LogP contribution in [0.5, 0.6) is 0 Å². The normalized spacial score (nSPS) is 16.4. The van der Waals surface area contributed by atoms with E-state index in [4.69, 9.17) is 5.11 Å². The summed E-state index contributed by atoms with van der Waals surface area (Å²) in [4.78, 5) is 10.8. The molecule has 8 nitrogen and oxygen atoms in total. The van der Waals surface area contributed by atoms with Gasteiger partial charge in [0.05, 0.1) is 22.4 Å². The zero-order valence-electron chi connectivity index (χ0n) is 12.0. The Morgan fingerprint density at radius 2 is 2.04 bits per heavy atom. The fraction of sp³-hybridized carbons (Fsp3) is 0.0714. The lowest BCUT2D eigenvalue weighted by Gasteiger charge is -2.13. The lowest BCUT2D eigenvalue weighted by molar-refractivity contribution is -0.000515. The summed E-state index contributed by atoms with van der Waals surface area (Å²) in [6.07, 6.45) is 7.10. The van der Waals surface area contributed by atoms with E-state index in [1.165, 1.54) is 24.4 Å². The second-order valence-electron chi connectivity index (χ2n) is 4.55. The van der Waals surface area contributed by atoms with Crippen molar-refractivity contribution in [3.63, 3.8) is 0 Å². The molecule has 0 bridgehead atoms. The van der Waals surface area contributed by atoms with Crippen LogP contribution in [0.3, 0.4) is 0 Å². The molecule has 0 unspecified atom stereocenters. The highest BCUT2D eigenvalue weighted by Crippen LogP contribution is 2.18. The molecule has 1 aliphatic heterocycles. The standard InChI is InChI=1S/C14H13N3O5S/c1-10-5-6-12(8-13(10)14(18)19)23(21,22)16-15-9-11-4-2-3-7-17(11)20/h2-9,20H,1H3,(H,18,19)/b11-9+,16-15?. The van der Waals surface area contributed by atoms with Crippen LogP contribution < -0.4 is 0 Å². The minimum Gasteiger partial charge on any atom is -0.478 e. The highest BCUT2D eigenvalue weighted by Gasteiger charge is 2.17. The molecule has 0 fully saturated rings. The van der Waals surface area contributed by atoms with Crippen molar-refractivity contribution in [1.29, 1.82) is 0 Å². The maximum absolute atomic E-state index is 12.1. The fourth-order valence-electron chi connectivity index (χ4n) is 1.73. The number of benzene rings is 1. The molecule has 9 heteroatoms. The zero-order valence-corrected chi connectivity index (χ0v) is 12.8. The van der Waals surface area contributed by atoms with E-state index in [1.807, 2.05) is 0 Å². The molecule has 2 N–H and O–H groups in total. The average molecular weight is 335 g/mol. The first-order chi connectivity index (χ1) is 10.8. The van der Waals surface area contributed by atoms with Crippen LogP contribution in [0.1, 0.15) is 15.9 Å². The summed E-state index contributed by atoms with van der Waals surface area (Å²) in [6.45, 7) is 1.56. The summed E-state index contributed by atoms with van der Waals surface area (Å²) < 4.78 is 27.3. The Bertz CT molecular complexity index is 853. The van der Waals surface area contributed by atoms with Gasteiger partial charge in [-0.2, -0.15) is 8.42 Å². The number of allylic oxidation sites excluding steroid dienone is 3. The van der Waals surface area contributed by atoms with Crippen molar-refractivity contribution in [1.82, 2.24) is 5.06 Å². The second-order valence-corrected chi connectivity index (χ2v) is 6.14. The molecular formula is C14H13N3O5S. The fourth-order valence-corrected chi connectivity index (χ4v) is 2.51. The van der Waals surface area contributed by atoms with Gasteiger partial charge in [-0.3, -0.25) is 5.21 Å². The number of aromatic carboxylic acids is 1. The van der Waals surface area contributed by atoms with Crippen molar-refractivity contribution < 1.29 is 23.5 Å². The van der Waals surface area contributed by atoms with Crippen LogP contribution >= 0.6 is 0 Å². The van der Waals surface area contributed by atoms with Crippen molar-refractivity contribution in [3.05, 3.63) is 65.7 Å². The van der Waals surface area contributed by atoms with Crippen LogP contribution in [-0.4, -0.2) is 29.8 Å². The predicted octanol–water partition coefficient (Wildman–Crippen LogP) is 2.45. The smallest absolute Gasteiger partial charge is 0.335 e. The first kappa shape index (κ1) is 16.6. The van der Waals surface area contributed by atoms with E-state index >= 15 is 0 Å². The molecule has 1 heterocycles. The minimum absolute atomic E-state index is 0.124. The number of carboxylic acid groups (broad SMARTS) is 1. The maximum atomic E-state index is 12.1. The van der Waals surface area contributed by atoms with E-state index in [0.29, 0.717) is 5.56 Å². The van der Waals surface area contributed by atoms with Gasteiger partial charge in [0, 0.05) is 6.20 Å². The third-order valence-electron chi connectivity index (χ3n) is 2.95. The molecule has 2 rings (SSSR count). The highest BCUT2D eigenvalue weighted by atomic mass is 32.2. The molecule has 23 heavy (non-hydrogen) atoms. The Balaban J connectivity index is 2.29. The van der Waals surface area contributed by atoms with Crippen LogP contribution in [0.15, 0.2) is 69.1 Å². The lowest BCUT2D eigenvalue weighted by atomic mass is 10.1. The Hall–Kier alpha value is -2.78. The van der Waals surface area contributed by atoms with Gasteiger partial charge in [-0.15, -0.1) is 5.11 Å². The number of nitrogens with zero attached hydrogens (tertiary/aromatic N) is 3. The van der Waals surface area contributed by atoms with Crippen molar-refractivity contribution in [2.24, 2.45) is 9.63 Å². The summed E-state index contributed by atoms with van der Waals surface area (Å²) in [5.74, 6) is -1.23. The molecule has 0 saturated carbocycles. The molecule has 0 aromatic heterocycles. The van der Waals surface area contributed by atoms with Gasteiger partial charge in [0.2, 0.25) is 0 Å². The van der Waals surface area contributed by atoms with Crippen molar-refractivity contribution in [2.75, 3.05) is 0 Å². The van der Waals surface area contributed by atoms with Gasteiger partial charge >= 0.3 is 5.97 Å². The molecule has 1 aromatic carbocycles. The lowest BCUT2D eigenvalue weighted by Crippen LogP contribution is -2.10. The number of carbonyl (C=O) groups is 1. The topological polar surface area (TPSA) is 120 Å². The third-order valence-corrected chi connectivity index (χ3v) is 4.11. The van der Waals surface area contributed by atoms with Gasteiger partial charge in [-0.25, -0.2) is 9.86 Å². The predicted molar refractivity (Wildman–Crippen MR) is 80.2 cm³/mol. The number of hydrogen-bond acceptors (Lipinski definition) is 6. The van der Waals surface area contributed by atoms with Crippen LogP contribution in [0.4, 0.5) is 0 Å². The number of hydroxylamine groups is 2. The molecule has 0 saturated heterocycles. The van der Waals surface area contributed by atoms with Crippen LogP contribution in [0.25, 0.3) is 0 Å². The molecule has 0 radical (unpaired) electrons. The third kappa shape index (κ3) is 3.90. The van der Waals surface area contributed by atoms with E-state index < -0.39 is 16.0 Å².